The zero-order valence-corrected chi connectivity index (χ0v) is 26.5. The summed E-state index contributed by atoms with van der Waals surface area (Å²) < 4.78 is 53.1. The van der Waals surface area contributed by atoms with Gasteiger partial charge in [-0.15, -0.1) is 8.78 Å². The van der Waals surface area contributed by atoms with Crippen LogP contribution >= 0.6 is 0 Å². The summed E-state index contributed by atoms with van der Waals surface area (Å²) in [6.45, 7) is 8.20. The van der Waals surface area contributed by atoms with E-state index in [-0.39, 0.29) is 66.1 Å². The van der Waals surface area contributed by atoms with Crippen LogP contribution in [0.15, 0.2) is 42.0 Å². The molecule has 8 atom stereocenters. The van der Waals surface area contributed by atoms with Gasteiger partial charge in [0.2, 0.25) is 0 Å². The average molecular weight is 632 g/mol. The van der Waals surface area contributed by atoms with Gasteiger partial charge in [0.05, 0.1) is 19.4 Å². The van der Waals surface area contributed by atoms with Gasteiger partial charge in [-0.25, -0.2) is 4.79 Å². The predicted molar refractivity (Wildman–Crippen MR) is 159 cm³/mol. The van der Waals surface area contributed by atoms with Gasteiger partial charge in [0.15, 0.2) is 11.5 Å². The van der Waals surface area contributed by atoms with Crippen molar-refractivity contribution in [3.05, 3.63) is 47.6 Å². The highest BCUT2D eigenvalue weighted by molar-refractivity contribution is 5.74. The second kappa shape index (κ2) is 13.4. The number of amides is 1. The zero-order chi connectivity index (χ0) is 32.5. The molecule has 4 aliphatic rings. The fourth-order valence-corrected chi connectivity index (χ4v) is 7.00. The lowest BCUT2D eigenvalue weighted by molar-refractivity contribution is -0.286. The quantitative estimate of drug-likeness (QED) is 0.206. The van der Waals surface area contributed by atoms with Gasteiger partial charge in [0.25, 0.3) is 0 Å². The highest BCUT2D eigenvalue weighted by Crippen LogP contribution is 2.46. The highest BCUT2D eigenvalue weighted by atomic mass is 19.3. The molecule has 0 radical (unpaired) electrons. The minimum Gasteiger partial charge on any atom is -0.469 e. The molecule has 0 bridgehead atoms. The van der Waals surface area contributed by atoms with Crippen LogP contribution in [-0.4, -0.2) is 54.6 Å². The van der Waals surface area contributed by atoms with Crippen LogP contribution in [0.3, 0.4) is 0 Å². The third kappa shape index (κ3) is 7.44. The molecule has 0 unspecified atom stereocenters. The molecule has 9 nitrogen and oxygen atoms in total. The van der Waals surface area contributed by atoms with Crippen molar-refractivity contribution in [3.8, 4) is 11.5 Å². The van der Waals surface area contributed by atoms with Gasteiger partial charge in [-0.1, -0.05) is 52.0 Å². The summed E-state index contributed by atoms with van der Waals surface area (Å²) in [6.07, 6.45) is 4.79. The number of fused-ring (bicyclic) bond motifs is 2. The summed E-state index contributed by atoms with van der Waals surface area (Å²) in [5.41, 5.74) is 1.71. The first-order valence-corrected chi connectivity index (χ1v) is 15.9. The summed E-state index contributed by atoms with van der Waals surface area (Å²) in [5.74, 6) is -0.280. The largest absolute Gasteiger partial charge is 0.586 e. The van der Waals surface area contributed by atoms with E-state index in [1.165, 1.54) is 29.7 Å². The SMILES string of the molecule is CC[C@H](C)C(=O)O[C@H]1C[C@@H](C)C=C2C=C[C@H](C)[C@H](CC[C@@H]3C[C@H](CC(=O)OC)N(Cc4ccc5c(c4)OC(F)(F)O5)C(=O)O3)[C@H]21. The Balaban J connectivity index is 1.29. The Morgan fingerprint density at radius 1 is 1.13 bits per heavy atom. The van der Waals surface area contributed by atoms with E-state index in [2.05, 4.69) is 41.5 Å². The number of alkyl halides is 2. The number of halogens is 2. The van der Waals surface area contributed by atoms with E-state index in [9.17, 15) is 23.2 Å². The van der Waals surface area contributed by atoms with E-state index in [0.717, 1.165) is 19.3 Å². The first kappa shape index (κ1) is 32.8. The van der Waals surface area contributed by atoms with Gasteiger partial charge in [-0.2, -0.15) is 0 Å². The van der Waals surface area contributed by atoms with Gasteiger partial charge in [-0.05, 0) is 66.7 Å². The number of allylic oxidation sites excluding steroid dienone is 3. The molecular weight excluding hydrogens is 588 g/mol. The number of rotatable bonds is 10. The van der Waals surface area contributed by atoms with E-state index in [4.69, 9.17) is 14.2 Å². The van der Waals surface area contributed by atoms with Crippen molar-refractivity contribution in [2.24, 2.45) is 29.6 Å². The monoisotopic (exact) mass is 631 g/mol. The zero-order valence-electron chi connectivity index (χ0n) is 26.5. The fraction of sp³-hybridized carbons (Fsp3) is 0.618. The number of methoxy groups -OCH3 is 1. The summed E-state index contributed by atoms with van der Waals surface area (Å²) >= 11 is 0. The molecule has 2 aliphatic carbocycles. The van der Waals surface area contributed by atoms with Crippen molar-refractivity contribution in [2.75, 3.05) is 7.11 Å². The Morgan fingerprint density at radius 3 is 2.62 bits per heavy atom. The van der Waals surface area contributed by atoms with Crippen LogP contribution in [0.1, 0.15) is 71.8 Å². The summed E-state index contributed by atoms with van der Waals surface area (Å²) in [4.78, 5) is 40.0. The lowest BCUT2D eigenvalue weighted by Crippen LogP contribution is -2.49. The van der Waals surface area contributed by atoms with Crippen LogP contribution in [-0.2, 0) is 30.3 Å². The van der Waals surface area contributed by atoms with Crippen LogP contribution < -0.4 is 9.47 Å². The third-order valence-corrected chi connectivity index (χ3v) is 9.63. The maximum Gasteiger partial charge on any atom is 0.586 e. The van der Waals surface area contributed by atoms with Gasteiger partial charge >= 0.3 is 24.3 Å². The van der Waals surface area contributed by atoms with E-state index in [1.807, 2.05) is 13.8 Å². The van der Waals surface area contributed by atoms with Gasteiger partial charge < -0.3 is 28.6 Å². The van der Waals surface area contributed by atoms with Crippen molar-refractivity contribution in [3.63, 3.8) is 0 Å². The molecule has 1 fully saturated rings. The second-order valence-corrected chi connectivity index (χ2v) is 12.9. The normalized spacial score (nSPS) is 30.6. The van der Waals surface area contributed by atoms with E-state index in [0.29, 0.717) is 18.4 Å². The molecule has 11 heteroatoms. The Hall–Kier alpha value is -3.63. The van der Waals surface area contributed by atoms with Crippen molar-refractivity contribution in [1.82, 2.24) is 4.90 Å². The Morgan fingerprint density at radius 2 is 1.89 bits per heavy atom. The minimum absolute atomic E-state index is 0.0253. The second-order valence-electron chi connectivity index (χ2n) is 12.9. The molecule has 1 aromatic rings. The number of cyclic esters (lactones) is 1. The summed E-state index contributed by atoms with van der Waals surface area (Å²) in [5, 5.41) is 0. The van der Waals surface area contributed by atoms with Crippen molar-refractivity contribution in [2.45, 2.75) is 97.3 Å². The number of carbonyl (C=O) groups excluding carboxylic acids is 3. The molecule has 246 valence electrons. The predicted octanol–water partition coefficient (Wildman–Crippen LogP) is 6.79. The molecule has 0 aromatic heterocycles. The number of carbonyl (C=O) groups is 3. The van der Waals surface area contributed by atoms with Crippen LogP contribution in [0, 0.1) is 29.6 Å². The maximum absolute atomic E-state index is 13.5. The number of ether oxygens (including phenoxy) is 5. The lowest BCUT2D eigenvalue weighted by Gasteiger charge is -2.44. The molecule has 5 rings (SSSR count). The van der Waals surface area contributed by atoms with Gasteiger partial charge in [-0.3, -0.25) is 9.59 Å². The molecule has 45 heavy (non-hydrogen) atoms. The molecule has 0 N–H and O–H groups in total. The molecular formula is C34H43F2NO8. The molecule has 2 aliphatic heterocycles. The number of nitrogens with zero attached hydrogens (tertiary/aromatic N) is 1. The van der Waals surface area contributed by atoms with E-state index < -0.39 is 30.5 Å². The van der Waals surface area contributed by atoms with Crippen LogP contribution in [0.5, 0.6) is 11.5 Å². The summed E-state index contributed by atoms with van der Waals surface area (Å²) in [6, 6.07) is 3.80. The van der Waals surface area contributed by atoms with E-state index >= 15 is 0 Å². The van der Waals surface area contributed by atoms with Gasteiger partial charge in [0, 0.05) is 24.9 Å². The summed E-state index contributed by atoms with van der Waals surface area (Å²) in [7, 11) is 1.29. The highest BCUT2D eigenvalue weighted by Gasteiger charge is 2.45. The van der Waals surface area contributed by atoms with Gasteiger partial charge in [0.1, 0.15) is 12.2 Å². The molecule has 1 saturated heterocycles. The Bertz CT molecular complexity index is 1350. The number of esters is 2. The standard InChI is InChI=1S/C34H43F2NO8/c1-6-20(3)32(39)43-29-14-19(2)13-23-9-7-21(4)26(31(23)29)11-10-25-16-24(17-30(38)41-5)37(33(40)42-25)18-22-8-12-27-28(15-22)45-34(35,36)44-27/h7-9,12-13,15,19-21,24-26,29,31H,6,10-11,14,16-18H2,1-5H3/t19-,20-,21-,24+,25+,26-,29-,31-/m0/s1. The Labute approximate surface area is 262 Å². The average Bonchev–Trinajstić information content (AvgIpc) is 3.30. The topological polar surface area (TPSA) is 101 Å². The molecule has 0 spiro atoms. The number of benzene rings is 1. The molecule has 2 heterocycles. The van der Waals surface area contributed by atoms with Crippen molar-refractivity contribution >= 4 is 18.0 Å². The third-order valence-electron chi connectivity index (χ3n) is 9.63. The smallest absolute Gasteiger partial charge is 0.469 e. The first-order valence-electron chi connectivity index (χ1n) is 15.9. The van der Waals surface area contributed by atoms with Crippen molar-refractivity contribution < 1.29 is 46.8 Å². The number of hydrogen-bond acceptors (Lipinski definition) is 8. The van der Waals surface area contributed by atoms with Crippen LogP contribution in [0.4, 0.5) is 13.6 Å². The number of hydrogen-bond donors (Lipinski definition) is 0. The minimum atomic E-state index is -3.75. The van der Waals surface area contributed by atoms with Crippen LogP contribution in [0.2, 0.25) is 0 Å². The lowest BCUT2D eigenvalue weighted by atomic mass is 9.65. The molecule has 1 aromatic carbocycles. The van der Waals surface area contributed by atoms with Crippen molar-refractivity contribution in [1.29, 1.82) is 0 Å². The van der Waals surface area contributed by atoms with Crippen LogP contribution in [0.25, 0.3) is 0 Å². The first-order chi connectivity index (χ1) is 21.4. The fourth-order valence-electron chi connectivity index (χ4n) is 7.00. The maximum atomic E-state index is 13.5. The Kier molecular flexibility index (Phi) is 9.74. The molecule has 0 saturated carbocycles. The molecule has 1 amide bonds. The van der Waals surface area contributed by atoms with E-state index in [1.54, 1.807) is 6.07 Å².